The van der Waals surface area contributed by atoms with Crippen molar-refractivity contribution in [3.8, 4) is 17.1 Å². The Bertz CT molecular complexity index is 845. The van der Waals surface area contributed by atoms with Crippen LogP contribution in [0.5, 0.6) is 5.88 Å². The summed E-state index contributed by atoms with van der Waals surface area (Å²) in [6.07, 6.45) is 1.45. The maximum Gasteiger partial charge on any atom is 0.276 e. The molecule has 3 rings (SSSR count). The van der Waals surface area contributed by atoms with Gasteiger partial charge in [0.05, 0.1) is 24.0 Å². The molecular formula is C16H15ClFN3O. The van der Waals surface area contributed by atoms with Crippen molar-refractivity contribution >= 4 is 22.5 Å². The number of H-pyrrole nitrogens is 1. The van der Waals surface area contributed by atoms with Crippen LogP contribution in [0.1, 0.15) is 25.5 Å². The summed E-state index contributed by atoms with van der Waals surface area (Å²) in [5.41, 5.74) is 3.04. The van der Waals surface area contributed by atoms with Gasteiger partial charge in [-0.15, -0.1) is 0 Å². The fourth-order valence-corrected chi connectivity index (χ4v) is 2.57. The lowest BCUT2D eigenvalue weighted by Crippen LogP contribution is -1.97. The topological polar surface area (TPSA) is 50.8 Å². The Morgan fingerprint density at radius 3 is 2.68 bits per heavy atom. The van der Waals surface area contributed by atoms with Crippen LogP contribution in [0.2, 0.25) is 5.02 Å². The molecule has 6 heteroatoms. The highest BCUT2D eigenvalue weighted by molar-refractivity contribution is 6.34. The minimum Gasteiger partial charge on any atom is -0.478 e. The minimum atomic E-state index is -0.759. The summed E-state index contributed by atoms with van der Waals surface area (Å²) >= 11 is 6.32. The number of nitrogens with zero attached hydrogens (tertiary/aromatic N) is 2. The molecule has 114 valence electrons. The first-order valence-electron chi connectivity index (χ1n) is 6.88. The van der Waals surface area contributed by atoms with E-state index in [0.717, 1.165) is 16.6 Å². The van der Waals surface area contributed by atoms with Crippen LogP contribution in [0.3, 0.4) is 0 Å². The third-order valence-electron chi connectivity index (χ3n) is 3.52. The van der Waals surface area contributed by atoms with Gasteiger partial charge < -0.3 is 9.72 Å². The molecule has 0 atom stereocenters. The molecule has 0 spiro atoms. The van der Waals surface area contributed by atoms with Gasteiger partial charge >= 0.3 is 0 Å². The Balaban J connectivity index is 2.14. The number of aromatic amines is 1. The maximum atomic E-state index is 13.7. The molecule has 0 saturated carbocycles. The fraction of sp³-hybridized carbons (Fsp3) is 0.250. The molecule has 0 aliphatic carbocycles. The number of benzene rings is 1. The third-order valence-corrected chi connectivity index (χ3v) is 3.83. The smallest absolute Gasteiger partial charge is 0.276 e. The zero-order chi connectivity index (χ0) is 15.9. The summed E-state index contributed by atoms with van der Waals surface area (Å²) in [4.78, 5) is 11.1. The van der Waals surface area contributed by atoms with Crippen molar-refractivity contribution < 1.29 is 9.13 Å². The van der Waals surface area contributed by atoms with Gasteiger partial charge in [-0.3, -0.25) is 0 Å². The van der Waals surface area contributed by atoms with Crippen molar-refractivity contribution in [3.05, 3.63) is 41.1 Å². The van der Waals surface area contributed by atoms with Gasteiger partial charge in [0.15, 0.2) is 0 Å². The van der Waals surface area contributed by atoms with Crippen molar-refractivity contribution in [2.24, 2.45) is 0 Å². The molecule has 22 heavy (non-hydrogen) atoms. The standard InChI is InChI=1S/C16H15ClFN3O/c1-8(2)12-5-9-4-11(17)10(6-13(9)20-12)14-7-19-16(22-3)15(18)21-14/h4-8,20H,1-3H3. The molecule has 1 N–H and O–H groups in total. The van der Waals surface area contributed by atoms with Crippen molar-refractivity contribution in [1.29, 1.82) is 0 Å². The van der Waals surface area contributed by atoms with Crippen LogP contribution in [0.4, 0.5) is 4.39 Å². The van der Waals surface area contributed by atoms with Crippen LogP contribution in [-0.2, 0) is 0 Å². The number of nitrogens with one attached hydrogen (secondary N) is 1. The predicted molar refractivity (Wildman–Crippen MR) is 84.9 cm³/mol. The highest BCUT2D eigenvalue weighted by atomic mass is 35.5. The van der Waals surface area contributed by atoms with Crippen LogP contribution in [-0.4, -0.2) is 22.1 Å². The average Bonchev–Trinajstić information content (AvgIpc) is 2.89. The van der Waals surface area contributed by atoms with Gasteiger partial charge in [0.1, 0.15) is 0 Å². The molecule has 4 nitrogen and oxygen atoms in total. The molecule has 2 heterocycles. The highest BCUT2D eigenvalue weighted by Crippen LogP contribution is 2.32. The van der Waals surface area contributed by atoms with Gasteiger partial charge in [-0.2, -0.15) is 4.39 Å². The van der Waals surface area contributed by atoms with Gasteiger partial charge in [-0.1, -0.05) is 25.4 Å². The molecule has 0 aliphatic heterocycles. The Hall–Kier alpha value is -2.14. The number of hydrogen-bond donors (Lipinski definition) is 1. The van der Waals surface area contributed by atoms with E-state index in [2.05, 4.69) is 34.9 Å². The van der Waals surface area contributed by atoms with Crippen LogP contribution < -0.4 is 4.74 Å². The number of aromatic nitrogens is 3. The van der Waals surface area contributed by atoms with E-state index in [0.29, 0.717) is 22.2 Å². The van der Waals surface area contributed by atoms with E-state index in [1.165, 1.54) is 13.3 Å². The molecule has 3 aromatic rings. The average molecular weight is 320 g/mol. The molecule has 0 amide bonds. The summed E-state index contributed by atoms with van der Waals surface area (Å²) in [6.45, 7) is 4.22. The molecule has 0 radical (unpaired) electrons. The van der Waals surface area contributed by atoms with Gasteiger partial charge in [0.2, 0.25) is 0 Å². The molecule has 0 saturated heterocycles. The van der Waals surface area contributed by atoms with E-state index in [1.807, 2.05) is 12.1 Å². The molecular weight excluding hydrogens is 305 g/mol. The van der Waals surface area contributed by atoms with E-state index in [-0.39, 0.29) is 5.88 Å². The highest BCUT2D eigenvalue weighted by Gasteiger charge is 2.14. The maximum absolute atomic E-state index is 13.7. The van der Waals surface area contributed by atoms with Crippen molar-refractivity contribution in [3.63, 3.8) is 0 Å². The Morgan fingerprint density at radius 2 is 2.05 bits per heavy atom. The first kappa shape index (κ1) is 14.8. The number of methoxy groups -OCH3 is 1. The van der Waals surface area contributed by atoms with Crippen molar-refractivity contribution in [2.75, 3.05) is 7.11 Å². The van der Waals surface area contributed by atoms with Crippen LogP contribution in [0.15, 0.2) is 24.4 Å². The molecule has 0 unspecified atom stereocenters. The minimum absolute atomic E-state index is 0.136. The van der Waals surface area contributed by atoms with Gasteiger partial charge in [-0.25, -0.2) is 9.97 Å². The van der Waals surface area contributed by atoms with Crippen LogP contribution >= 0.6 is 11.6 Å². The molecule has 2 aromatic heterocycles. The Kier molecular flexibility index (Phi) is 3.74. The zero-order valence-corrected chi connectivity index (χ0v) is 13.2. The summed E-state index contributed by atoms with van der Waals surface area (Å²) < 4.78 is 18.5. The second-order valence-electron chi connectivity index (χ2n) is 5.35. The lowest BCUT2D eigenvalue weighted by Gasteiger charge is -2.06. The zero-order valence-electron chi connectivity index (χ0n) is 12.4. The van der Waals surface area contributed by atoms with E-state index >= 15 is 0 Å². The summed E-state index contributed by atoms with van der Waals surface area (Å²) in [6, 6.07) is 5.77. The van der Waals surface area contributed by atoms with E-state index in [1.54, 1.807) is 0 Å². The molecule has 0 bridgehead atoms. The molecule has 1 aromatic carbocycles. The molecule has 0 fully saturated rings. The summed E-state index contributed by atoms with van der Waals surface area (Å²) in [5.74, 6) is -0.513. The van der Waals surface area contributed by atoms with E-state index in [9.17, 15) is 4.39 Å². The Morgan fingerprint density at radius 1 is 1.27 bits per heavy atom. The van der Waals surface area contributed by atoms with Gasteiger partial charge in [0, 0.05) is 22.2 Å². The molecule has 0 aliphatic rings. The van der Waals surface area contributed by atoms with Crippen molar-refractivity contribution in [1.82, 2.24) is 15.0 Å². The van der Waals surface area contributed by atoms with E-state index in [4.69, 9.17) is 16.3 Å². The third kappa shape index (κ3) is 2.52. The first-order valence-corrected chi connectivity index (χ1v) is 7.26. The second kappa shape index (κ2) is 5.57. The van der Waals surface area contributed by atoms with E-state index < -0.39 is 5.95 Å². The number of fused-ring (bicyclic) bond motifs is 1. The van der Waals surface area contributed by atoms with Crippen LogP contribution in [0.25, 0.3) is 22.2 Å². The first-order chi connectivity index (χ1) is 10.5. The quantitative estimate of drug-likeness (QED) is 0.770. The Labute approximate surface area is 132 Å². The normalized spacial score (nSPS) is 11.4. The SMILES string of the molecule is COc1ncc(-c2cc3[nH]c(C(C)C)cc3cc2Cl)nc1F. The summed E-state index contributed by atoms with van der Waals surface area (Å²) in [5, 5.41) is 1.51. The number of ether oxygens (including phenoxy) is 1. The lowest BCUT2D eigenvalue weighted by atomic mass is 10.1. The monoisotopic (exact) mass is 319 g/mol. The van der Waals surface area contributed by atoms with Crippen molar-refractivity contribution in [2.45, 2.75) is 19.8 Å². The lowest BCUT2D eigenvalue weighted by molar-refractivity contribution is 0.360. The largest absolute Gasteiger partial charge is 0.478 e. The second-order valence-corrected chi connectivity index (χ2v) is 5.76. The number of halogens is 2. The summed E-state index contributed by atoms with van der Waals surface area (Å²) in [7, 11) is 1.35. The predicted octanol–water partition coefficient (Wildman–Crippen LogP) is 4.55. The number of rotatable bonds is 3. The van der Waals surface area contributed by atoms with Crippen LogP contribution in [0, 0.1) is 5.95 Å². The fourth-order valence-electron chi connectivity index (χ4n) is 2.30. The van der Waals surface area contributed by atoms with Gasteiger partial charge in [0.25, 0.3) is 11.8 Å². The van der Waals surface area contributed by atoms with Gasteiger partial charge in [-0.05, 0) is 24.1 Å². The number of hydrogen-bond acceptors (Lipinski definition) is 3.